The molecular formula is C18H18FN5O5S. The number of sulfone groups is 1. The van der Waals surface area contributed by atoms with E-state index in [1.54, 1.807) is 0 Å². The molecule has 0 aliphatic heterocycles. The number of anilines is 1. The molecule has 0 fully saturated rings. The lowest BCUT2D eigenvalue weighted by Gasteiger charge is -2.22. The molecule has 0 saturated heterocycles. The number of carbonyl (C=O) groups is 2. The zero-order valence-corrected chi connectivity index (χ0v) is 17.0. The van der Waals surface area contributed by atoms with Crippen LogP contribution in [0.5, 0.6) is 0 Å². The summed E-state index contributed by atoms with van der Waals surface area (Å²) < 4.78 is 39.2. The molecule has 158 valence electrons. The molecule has 0 bridgehead atoms. The van der Waals surface area contributed by atoms with Gasteiger partial charge in [0.2, 0.25) is 11.6 Å². The summed E-state index contributed by atoms with van der Waals surface area (Å²) in [6.45, 7) is 9.43. The van der Waals surface area contributed by atoms with Gasteiger partial charge in [-0.15, -0.1) is 0 Å². The Morgan fingerprint density at radius 2 is 2.03 bits per heavy atom. The van der Waals surface area contributed by atoms with E-state index < -0.39 is 43.7 Å². The Kier molecular flexibility index (Phi) is 6.49. The number of amides is 2. The van der Waals surface area contributed by atoms with E-state index in [0.717, 1.165) is 19.1 Å². The second kappa shape index (κ2) is 8.52. The van der Waals surface area contributed by atoms with Gasteiger partial charge in [-0.25, -0.2) is 27.6 Å². The number of nitrogens with zero attached hydrogens (tertiary/aromatic N) is 3. The Morgan fingerprint density at radius 1 is 1.37 bits per heavy atom. The van der Waals surface area contributed by atoms with Gasteiger partial charge in [0.15, 0.2) is 15.4 Å². The van der Waals surface area contributed by atoms with Gasteiger partial charge in [-0.1, -0.05) is 0 Å². The van der Waals surface area contributed by atoms with Gasteiger partial charge in [0.05, 0.1) is 22.8 Å². The molecule has 1 atom stereocenters. The second-order valence-corrected chi connectivity index (χ2v) is 8.47. The first kappa shape index (κ1) is 22.9. The molecule has 12 heteroatoms. The fourth-order valence-electron chi connectivity index (χ4n) is 2.39. The van der Waals surface area contributed by atoms with E-state index in [4.69, 9.17) is 6.57 Å². The van der Waals surface area contributed by atoms with Crippen LogP contribution in [0.15, 0.2) is 29.3 Å². The SMILES string of the molecule is [C-]#[N+]c1cnc(NC(=O)[C@@](C)(O)CS(=O)(=O)c2ccc(C(=O)NC)c(F)c2)nc1C. The molecule has 10 nitrogen and oxygen atoms in total. The highest BCUT2D eigenvalue weighted by Crippen LogP contribution is 2.21. The zero-order valence-electron chi connectivity index (χ0n) is 16.2. The van der Waals surface area contributed by atoms with Crippen LogP contribution in [0.3, 0.4) is 0 Å². The Hall–Kier alpha value is -3.43. The van der Waals surface area contributed by atoms with Crippen LogP contribution in [0, 0.1) is 19.3 Å². The van der Waals surface area contributed by atoms with Gasteiger partial charge in [0.25, 0.3) is 11.8 Å². The second-order valence-electron chi connectivity index (χ2n) is 6.48. The topological polar surface area (TPSA) is 143 Å². The maximum atomic E-state index is 14.1. The Labute approximate surface area is 171 Å². The van der Waals surface area contributed by atoms with Crippen LogP contribution < -0.4 is 10.6 Å². The number of rotatable bonds is 6. The number of aryl methyl sites for hydroxylation is 1. The van der Waals surface area contributed by atoms with Crippen LogP contribution in [0.1, 0.15) is 23.0 Å². The first-order valence-corrected chi connectivity index (χ1v) is 10.1. The van der Waals surface area contributed by atoms with Gasteiger partial charge < -0.3 is 10.4 Å². The zero-order chi connectivity index (χ0) is 22.7. The average molecular weight is 435 g/mol. The molecule has 0 unspecified atom stereocenters. The van der Waals surface area contributed by atoms with Crippen LogP contribution in [0.4, 0.5) is 16.0 Å². The summed E-state index contributed by atoms with van der Waals surface area (Å²) in [5, 5.41) is 14.8. The third-order valence-corrected chi connectivity index (χ3v) is 5.95. The van der Waals surface area contributed by atoms with E-state index in [1.165, 1.54) is 20.2 Å². The third-order valence-electron chi connectivity index (χ3n) is 4.03. The number of nitrogens with one attached hydrogen (secondary N) is 2. The number of hydrogen-bond donors (Lipinski definition) is 3. The van der Waals surface area contributed by atoms with Crippen molar-refractivity contribution < 1.29 is 27.5 Å². The van der Waals surface area contributed by atoms with Crippen LogP contribution in [-0.2, 0) is 14.6 Å². The smallest absolute Gasteiger partial charge is 0.259 e. The van der Waals surface area contributed by atoms with Crippen molar-refractivity contribution in [1.29, 1.82) is 0 Å². The number of aliphatic hydroxyl groups is 1. The molecule has 30 heavy (non-hydrogen) atoms. The summed E-state index contributed by atoms with van der Waals surface area (Å²) >= 11 is 0. The minimum Gasteiger partial charge on any atom is -0.379 e. The summed E-state index contributed by atoms with van der Waals surface area (Å²) in [7, 11) is -3.01. The van der Waals surface area contributed by atoms with Gasteiger partial charge in [0.1, 0.15) is 5.82 Å². The molecular weight excluding hydrogens is 417 g/mol. The Bertz CT molecular complexity index is 1160. The van der Waals surface area contributed by atoms with Crippen LogP contribution in [0.25, 0.3) is 4.85 Å². The Morgan fingerprint density at radius 3 is 2.57 bits per heavy atom. The molecule has 1 heterocycles. The highest BCUT2D eigenvalue weighted by Gasteiger charge is 2.37. The molecule has 2 aromatic rings. The standard InChI is InChI=1S/C18H18FN5O5S/c1-10-14(20-3)8-22-17(23-10)24-16(26)18(2,27)9-30(28,29)11-5-6-12(13(19)7-11)15(25)21-4/h5-8,27H,9H2,1-2,4H3,(H,21,25)(H,22,23,24,26)/t18-/m0/s1. The van der Waals surface area contributed by atoms with E-state index in [-0.39, 0.29) is 22.9 Å². The van der Waals surface area contributed by atoms with Crippen molar-refractivity contribution in [3.8, 4) is 0 Å². The molecule has 0 aliphatic rings. The largest absolute Gasteiger partial charge is 0.379 e. The minimum absolute atomic E-state index is 0.171. The van der Waals surface area contributed by atoms with Crippen molar-refractivity contribution in [1.82, 2.24) is 15.3 Å². The van der Waals surface area contributed by atoms with E-state index in [9.17, 15) is 27.5 Å². The fraction of sp³-hybridized carbons (Fsp3) is 0.278. The number of aromatic nitrogens is 2. The van der Waals surface area contributed by atoms with Gasteiger partial charge in [-0.2, -0.15) is 0 Å². The number of hydrogen-bond acceptors (Lipinski definition) is 7. The molecule has 0 aliphatic carbocycles. The normalized spacial score (nSPS) is 13.1. The molecule has 3 N–H and O–H groups in total. The maximum Gasteiger partial charge on any atom is 0.259 e. The fourth-order valence-corrected chi connectivity index (χ4v) is 3.99. The van der Waals surface area contributed by atoms with E-state index >= 15 is 0 Å². The lowest BCUT2D eigenvalue weighted by atomic mass is 10.1. The molecule has 1 aromatic heterocycles. The summed E-state index contributed by atoms with van der Waals surface area (Å²) in [4.78, 5) is 34.2. The lowest BCUT2D eigenvalue weighted by molar-refractivity contribution is -0.130. The van der Waals surface area contributed by atoms with Gasteiger partial charge in [-0.3, -0.25) is 14.9 Å². The number of benzene rings is 1. The van der Waals surface area contributed by atoms with Gasteiger partial charge in [-0.05, 0) is 32.0 Å². The van der Waals surface area contributed by atoms with Crippen LogP contribution in [-0.4, -0.2) is 53.7 Å². The summed E-state index contributed by atoms with van der Waals surface area (Å²) in [5.41, 5.74) is -2.31. The quantitative estimate of drug-likeness (QED) is 0.575. The van der Waals surface area contributed by atoms with E-state index in [2.05, 4.69) is 25.4 Å². The van der Waals surface area contributed by atoms with E-state index in [0.29, 0.717) is 6.07 Å². The molecule has 2 rings (SSSR count). The van der Waals surface area contributed by atoms with Crippen molar-refractivity contribution in [3.05, 3.63) is 52.9 Å². The van der Waals surface area contributed by atoms with Crippen molar-refractivity contribution in [2.75, 3.05) is 18.1 Å². The highest BCUT2D eigenvalue weighted by molar-refractivity contribution is 7.91. The van der Waals surface area contributed by atoms with Crippen LogP contribution >= 0.6 is 0 Å². The molecule has 2 amide bonds. The molecule has 0 radical (unpaired) electrons. The predicted molar refractivity (Wildman–Crippen MR) is 104 cm³/mol. The molecule has 0 spiro atoms. The van der Waals surface area contributed by atoms with Crippen LogP contribution in [0.2, 0.25) is 0 Å². The predicted octanol–water partition coefficient (Wildman–Crippen LogP) is 0.998. The monoisotopic (exact) mass is 435 g/mol. The van der Waals surface area contributed by atoms with Gasteiger partial charge >= 0.3 is 0 Å². The summed E-state index contributed by atoms with van der Waals surface area (Å²) in [5.74, 6) is -4.19. The highest BCUT2D eigenvalue weighted by atomic mass is 32.2. The molecule has 1 aromatic carbocycles. The van der Waals surface area contributed by atoms with Crippen molar-refractivity contribution >= 4 is 33.3 Å². The van der Waals surface area contributed by atoms with E-state index in [1.807, 2.05) is 0 Å². The number of halogens is 1. The summed E-state index contributed by atoms with van der Waals surface area (Å²) in [6.07, 6.45) is 1.17. The number of carbonyl (C=O) groups excluding carboxylic acids is 2. The maximum absolute atomic E-state index is 14.1. The lowest BCUT2D eigenvalue weighted by Crippen LogP contribution is -2.46. The van der Waals surface area contributed by atoms with Crippen molar-refractivity contribution in [3.63, 3.8) is 0 Å². The van der Waals surface area contributed by atoms with Gasteiger partial charge in [0, 0.05) is 18.9 Å². The summed E-state index contributed by atoms with van der Waals surface area (Å²) in [6, 6.07) is 2.64. The van der Waals surface area contributed by atoms with Crippen molar-refractivity contribution in [2.24, 2.45) is 0 Å². The minimum atomic E-state index is -4.31. The first-order valence-electron chi connectivity index (χ1n) is 8.40. The average Bonchev–Trinajstić information content (AvgIpc) is 2.66. The third kappa shape index (κ3) is 4.94. The van der Waals surface area contributed by atoms with Crippen molar-refractivity contribution in [2.45, 2.75) is 24.3 Å². The first-order chi connectivity index (χ1) is 13.9. The Balaban J connectivity index is 2.23. The molecule has 0 saturated carbocycles.